The molecular weight excluding hydrogens is 160 g/mol. The fourth-order valence-corrected chi connectivity index (χ4v) is 4.45. The summed E-state index contributed by atoms with van der Waals surface area (Å²) in [6, 6.07) is 0. The van der Waals surface area contributed by atoms with Gasteiger partial charge in [0.05, 0.1) is 5.76 Å². The van der Waals surface area contributed by atoms with Crippen LogP contribution in [-0.2, 0) is 0 Å². The largest absolute Gasteiger partial charge is 0.512 e. The van der Waals surface area contributed by atoms with E-state index >= 15 is 0 Å². The number of fused-ring (bicyclic) bond motifs is 9. The average molecular weight is 174 g/mol. The summed E-state index contributed by atoms with van der Waals surface area (Å²) < 4.78 is 0. The quantitative estimate of drug-likeness (QED) is 0.442. The topological polar surface area (TPSA) is 20.2 Å². The van der Waals surface area contributed by atoms with Gasteiger partial charge in [-0.05, 0) is 48.0 Å². The molecule has 0 heterocycles. The van der Waals surface area contributed by atoms with Crippen LogP contribution in [0.3, 0.4) is 0 Å². The van der Waals surface area contributed by atoms with Gasteiger partial charge in [0.2, 0.25) is 0 Å². The summed E-state index contributed by atoms with van der Waals surface area (Å²) in [6.45, 7) is 0. The van der Waals surface area contributed by atoms with Crippen molar-refractivity contribution in [3.05, 3.63) is 23.5 Å². The van der Waals surface area contributed by atoms with E-state index < -0.39 is 0 Å². The Balaban J connectivity index is 1.88. The maximum atomic E-state index is 9.75. The third-order valence-corrected chi connectivity index (χ3v) is 4.78. The van der Waals surface area contributed by atoms with Crippen molar-refractivity contribution in [1.82, 2.24) is 0 Å². The number of rotatable bonds is 0. The van der Waals surface area contributed by atoms with Crippen LogP contribution in [0.2, 0.25) is 0 Å². The summed E-state index contributed by atoms with van der Waals surface area (Å²) in [5.41, 5.74) is 1.44. The molecule has 13 heavy (non-hydrogen) atoms. The monoisotopic (exact) mass is 174 g/mol. The molecule has 0 radical (unpaired) electrons. The lowest BCUT2D eigenvalue weighted by molar-refractivity contribution is 0.244. The second kappa shape index (κ2) is 1.87. The van der Waals surface area contributed by atoms with Gasteiger partial charge in [0.25, 0.3) is 0 Å². The minimum absolute atomic E-state index is 0.757. The highest BCUT2D eigenvalue weighted by molar-refractivity contribution is 5.34. The molecule has 68 valence electrons. The summed E-state index contributed by atoms with van der Waals surface area (Å²) in [6.07, 6.45) is 8.42. The minimum atomic E-state index is 0.757. The summed E-state index contributed by atoms with van der Waals surface area (Å²) in [4.78, 5) is 0. The molecule has 0 amide bonds. The Hall–Kier alpha value is -0.720. The molecule has 4 aliphatic rings. The zero-order valence-electron chi connectivity index (χ0n) is 7.61. The molecular formula is C12H14O. The van der Waals surface area contributed by atoms with Gasteiger partial charge in [-0.3, -0.25) is 0 Å². The molecule has 0 aliphatic heterocycles. The predicted molar refractivity (Wildman–Crippen MR) is 50.1 cm³/mol. The summed E-state index contributed by atoms with van der Waals surface area (Å²) in [5.74, 6) is 4.89. The van der Waals surface area contributed by atoms with E-state index in [-0.39, 0.29) is 0 Å². The van der Waals surface area contributed by atoms with Crippen molar-refractivity contribution in [2.24, 2.45) is 29.6 Å². The van der Waals surface area contributed by atoms with Crippen LogP contribution in [-0.4, -0.2) is 5.11 Å². The van der Waals surface area contributed by atoms with Gasteiger partial charge in [-0.15, -0.1) is 0 Å². The molecule has 0 aromatic carbocycles. The Bertz CT molecular complexity index is 339. The molecule has 5 atom stereocenters. The average Bonchev–Trinajstić information content (AvgIpc) is 2.78. The minimum Gasteiger partial charge on any atom is -0.512 e. The molecule has 1 N–H and O–H groups in total. The molecule has 0 saturated heterocycles. The lowest BCUT2D eigenvalue weighted by atomic mass is 9.76. The molecule has 0 spiro atoms. The summed E-state index contributed by atoms with van der Waals surface area (Å²) in [7, 11) is 0. The Morgan fingerprint density at radius 1 is 1.15 bits per heavy atom. The number of hydrogen-bond acceptors (Lipinski definition) is 1. The van der Waals surface area contributed by atoms with Crippen molar-refractivity contribution in [1.29, 1.82) is 0 Å². The van der Waals surface area contributed by atoms with Crippen LogP contribution < -0.4 is 0 Å². The van der Waals surface area contributed by atoms with Gasteiger partial charge in [0.1, 0.15) is 0 Å². The molecule has 2 saturated carbocycles. The fraction of sp³-hybridized carbons (Fsp3) is 0.667. The fourth-order valence-electron chi connectivity index (χ4n) is 4.45. The van der Waals surface area contributed by atoms with Crippen LogP contribution in [0.15, 0.2) is 23.5 Å². The van der Waals surface area contributed by atoms with E-state index in [0.29, 0.717) is 0 Å². The van der Waals surface area contributed by atoms with Crippen LogP contribution >= 0.6 is 0 Å². The molecule has 4 rings (SSSR count). The van der Waals surface area contributed by atoms with Crippen molar-refractivity contribution >= 4 is 0 Å². The second-order valence-electron chi connectivity index (χ2n) is 5.19. The third kappa shape index (κ3) is 0.599. The van der Waals surface area contributed by atoms with Crippen LogP contribution in [0.1, 0.15) is 19.3 Å². The smallest absolute Gasteiger partial charge is 0.0920 e. The zero-order chi connectivity index (χ0) is 8.58. The first-order valence-corrected chi connectivity index (χ1v) is 5.44. The summed E-state index contributed by atoms with van der Waals surface area (Å²) >= 11 is 0. The number of allylic oxidation sites excluding steroid dienone is 4. The van der Waals surface area contributed by atoms with Gasteiger partial charge in [-0.1, -0.05) is 12.2 Å². The van der Waals surface area contributed by atoms with Gasteiger partial charge in [0, 0.05) is 6.42 Å². The first-order valence-electron chi connectivity index (χ1n) is 5.44. The van der Waals surface area contributed by atoms with Gasteiger partial charge in [-0.25, -0.2) is 0 Å². The van der Waals surface area contributed by atoms with Crippen molar-refractivity contribution in [2.75, 3.05) is 0 Å². The molecule has 1 heteroatoms. The van der Waals surface area contributed by atoms with Gasteiger partial charge in [0.15, 0.2) is 0 Å². The number of aliphatic hydroxyl groups excluding tert-OH is 1. The van der Waals surface area contributed by atoms with Crippen LogP contribution in [0.5, 0.6) is 0 Å². The van der Waals surface area contributed by atoms with E-state index in [9.17, 15) is 5.11 Å². The van der Waals surface area contributed by atoms with Gasteiger partial charge < -0.3 is 5.11 Å². The van der Waals surface area contributed by atoms with E-state index in [1.165, 1.54) is 18.4 Å². The van der Waals surface area contributed by atoms with E-state index in [1.807, 2.05) is 0 Å². The van der Waals surface area contributed by atoms with E-state index in [4.69, 9.17) is 0 Å². The molecule has 1 nitrogen and oxygen atoms in total. The highest BCUT2D eigenvalue weighted by Crippen LogP contribution is 2.64. The lowest BCUT2D eigenvalue weighted by Crippen LogP contribution is -2.23. The highest BCUT2D eigenvalue weighted by atomic mass is 16.3. The van der Waals surface area contributed by atoms with Crippen LogP contribution in [0, 0.1) is 29.6 Å². The van der Waals surface area contributed by atoms with Crippen molar-refractivity contribution in [2.45, 2.75) is 19.3 Å². The highest BCUT2D eigenvalue weighted by Gasteiger charge is 2.56. The molecule has 4 aliphatic carbocycles. The van der Waals surface area contributed by atoms with Crippen molar-refractivity contribution in [3.8, 4) is 0 Å². The van der Waals surface area contributed by atoms with Crippen molar-refractivity contribution in [3.63, 3.8) is 0 Å². The first-order chi connectivity index (χ1) is 6.34. The number of aliphatic hydroxyl groups is 1. The van der Waals surface area contributed by atoms with Crippen LogP contribution in [0.25, 0.3) is 0 Å². The van der Waals surface area contributed by atoms with Gasteiger partial charge >= 0.3 is 0 Å². The summed E-state index contributed by atoms with van der Waals surface area (Å²) in [5, 5.41) is 9.75. The molecule has 0 aromatic rings. The normalized spacial score (nSPS) is 55.2. The SMILES string of the molecule is OC1=C2CC(C1)C1C3C=CC(C3)C21. The molecule has 4 bridgehead atoms. The lowest BCUT2D eigenvalue weighted by Gasteiger charge is -2.28. The van der Waals surface area contributed by atoms with E-state index in [0.717, 1.165) is 41.8 Å². The Labute approximate surface area is 78.1 Å². The molecule has 2 fully saturated rings. The van der Waals surface area contributed by atoms with Gasteiger partial charge in [-0.2, -0.15) is 0 Å². The van der Waals surface area contributed by atoms with Crippen molar-refractivity contribution < 1.29 is 5.11 Å². The number of hydrogen-bond donors (Lipinski definition) is 1. The first kappa shape index (κ1) is 6.69. The third-order valence-electron chi connectivity index (χ3n) is 4.78. The van der Waals surface area contributed by atoms with Crippen LogP contribution in [0.4, 0.5) is 0 Å². The predicted octanol–water partition coefficient (Wildman–Crippen LogP) is 2.66. The molecule has 0 aromatic heterocycles. The maximum Gasteiger partial charge on any atom is 0.0920 e. The Morgan fingerprint density at radius 3 is 2.92 bits per heavy atom. The Kier molecular flexibility index (Phi) is 0.960. The second-order valence-corrected chi connectivity index (χ2v) is 5.19. The zero-order valence-corrected chi connectivity index (χ0v) is 7.61. The maximum absolute atomic E-state index is 9.75. The van der Waals surface area contributed by atoms with E-state index in [2.05, 4.69) is 12.2 Å². The standard InChI is InChI=1S/C12H14O/c13-10-5-8-4-9(10)12-7-2-1-6(3-7)11(8)12/h1-2,6-8,11-13H,3-5H2. The Morgan fingerprint density at radius 2 is 2.00 bits per heavy atom. The molecule has 5 unspecified atom stereocenters. The van der Waals surface area contributed by atoms with E-state index in [1.54, 1.807) is 0 Å².